The summed E-state index contributed by atoms with van der Waals surface area (Å²) >= 11 is 0. The molecule has 2 aromatic rings. The van der Waals surface area contributed by atoms with Crippen LogP contribution < -0.4 is 15.4 Å². The maximum absolute atomic E-state index is 11.6. The lowest BCUT2D eigenvalue weighted by molar-refractivity contribution is -0.122. The van der Waals surface area contributed by atoms with Crippen LogP contribution in [0.5, 0.6) is 5.75 Å². The Bertz CT molecular complexity index is 715. The highest BCUT2D eigenvalue weighted by Crippen LogP contribution is 2.37. The predicted octanol–water partition coefficient (Wildman–Crippen LogP) is 3.02. The lowest BCUT2D eigenvalue weighted by atomic mass is 9.93. The molecule has 0 bridgehead atoms. The molecular formula is C21H26N2O2. The topological polar surface area (TPSA) is 50.4 Å². The van der Waals surface area contributed by atoms with Gasteiger partial charge < -0.3 is 15.4 Å². The van der Waals surface area contributed by atoms with E-state index in [1.807, 2.05) is 6.92 Å². The summed E-state index contributed by atoms with van der Waals surface area (Å²) in [6, 6.07) is 16.7. The first-order chi connectivity index (χ1) is 12.2. The SMILES string of the molecule is CNC(=O)[C@@H](C)NCc1ccc2c(c1)[C@H](CCc1ccccc1)CO2. The Kier molecular flexibility index (Phi) is 5.71. The van der Waals surface area contributed by atoms with Crippen LogP contribution in [0.1, 0.15) is 36.0 Å². The van der Waals surface area contributed by atoms with Crippen LogP contribution in [-0.2, 0) is 17.8 Å². The Labute approximate surface area is 149 Å². The molecule has 1 heterocycles. The van der Waals surface area contributed by atoms with E-state index in [-0.39, 0.29) is 11.9 Å². The Hall–Kier alpha value is -2.33. The monoisotopic (exact) mass is 338 g/mol. The summed E-state index contributed by atoms with van der Waals surface area (Å²) in [5.74, 6) is 1.44. The fourth-order valence-corrected chi connectivity index (χ4v) is 3.24. The summed E-state index contributed by atoms with van der Waals surface area (Å²) < 4.78 is 5.85. The summed E-state index contributed by atoms with van der Waals surface area (Å²) in [5.41, 5.74) is 3.85. The molecule has 2 N–H and O–H groups in total. The molecule has 0 unspecified atom stereocenters. The molecule has 0 saturated heterocycles. The molecule has 0 radical (unpaired) electrons. The van der Waals surface area contributed by atoms with Gasteiger partial charge in [-0.05, 0) is 37.0 Å². The van der Waals surface area contributed by atoms with Crippen LogP contribution in [0.4, 0.5) is 0 Å². The Morgan fingerprint density at radius 3 is 2.76 bits per heavy atom. The number of ether oxygens (including phenoxy) is 1. The van der Waals surface area contributed by atoms with Crippen molar-refractivity contribution in [2.45, 2.75) is 38.3 Å². The number of likely N-dealkylation sites (N-methyl/N-ethyl adjacent to an activating group) is 1. The van der Waals surface area contributed by atoms with Gasteiger partial charge in [0.2, 0.25) is 5.91 Å². The fourth-order valence-electron chi connectivity index (χ4n) is 3.24. The summed E-state index contributed by atoms with van der Waals surface area (Å²) in [6.45, 7) is 3.30. The molecular weight excluding hydrogens is 312 g/mol. The van der Waals surface area contributed by atoms with E-state index in [9.17, 15) is 4.79 Å². The van der Waals surface area contributed by atoms with Gasteiger partial charge in [-0.15, -0.1) is 0 Å². The number of rotatable bonds is 7. The zero-order valence-electron chi connectivity index (χ0n) is 14.9. The highest BCUT2D eigenvalue weighted by Gasteiger charge is 2.24. The zero-order valence-corrected chi connectivity index (χ0v) is 14.9. The van der Waals surface area contributed by atoms with Gasteiger partial charge in [0.15, 0.2) is 0 Å². The minimum absolute atomic E-state index is 0.00484. The average molecular weight is 338 g/mol. The summed E-state index contributed by atoms with van der Waals surface area (Å²) in [4.78, 5) is 11.6. The van der Waals surface area contributed by atoms with Crippen molar-refractivity contribution in [3.05, 3.63) is 65.2 Å². The Morgan fingerprint density at radius 2 is 2.00 bits per heavy atom. The zero-order chi connectivity index (χ0) is 17.6. The predicted molar refractivity (Wildman–Crippen MR) is 99.8 cm³/mol. The number of fused-ring (bicyclic) bond motifs is 1. The molecule has 25 heavy (non-hydrogen) atoms. The second kappa shape index (κ2) is 8.17. The standard InChI is InChI=1S/C21H26N2O2/c1-15(21(24)22-2)23-13-17-9-11-20-19(12-17)18(14-25-20)10-8-16-6-4-3-5-7-16/h3-7,9,11-12,15,18,23H,8,10,13-14H2,1-2H3,(H,22,24)/t15-,18-/m1/s1. The number of nitrogens with one attached hydrogen (secondary N) is 2. The van der Waals surface area contributed by atoms with E-state index in [0.29, 0.717) is 12.5 Å². The van der Waals surface area contributed by atoms with Gasteiger partial charge in [0, 0.05) is 25.1 Å². The third-order valence-corrected chi connectivity index (χ3v) is 4.83. The first-order valence-corrected chi connectivity index (χ1v) is 8.92. The van der Waals surface area contributed by atoms with Crippen molar-refractivity contribution in [1.29, 1.82) is 0 Å². The number of benzene rings is 2. The molecule has 132 valence electrons. The van der Waals surface area contributed by atoms with Crippen molar-refractivity contribution in [2.24, 2.45) is 0 Å². The minimum atomic E-state index is -0.205. The molecule has 0 fully saturated rings. The van der Waals surface area contributed by atoms with Crippen molar-refractivity contribution in [3.63, 3.8) is 0 Å². The number of aryl methyl sites for hydroxylation is 1. The summed E-state index contributed by atoms with van der Waals surface area (Å²) in [6.07, 6.45) is 2.15. The minimum Gasteiger partial charge on any atom is -0.493 e. The van der Waals surface area contributed by atoms with Crippen LogP contribution >= 0.6 is 0 Å². The second-order valence-corrected chi connectivity index (χ2v) is 6.62. The van der Waals surface area contributed by atoms with Crippen molar-refractivity contribution in [2.75, 3.05) is 13.7 Å². The maximum atomic E-state index is 11.6. The highest BCUT2D eigenvalue weighted by molar-refractivity contribution is 5.80. The third-order valence-electron chi connectivity index (χ3n) is 4.83. The number of carbonyl (C=O) groups is 1. The highest BCUT2D eigenvalue weighted by atomic mass is 16.5. The van der Waals surface area contributed by atoms with Crippen LogP contribution in [0.15, 0.2) is 48.5 Å². The molecule has 1 amide bonds. The average Bonchev–Trinajstić information content (AvgIpc) is 3.06. The third kappa shape index (κ3) is 4.40. The Morgan fingerprint density at radius 1 is 1.20 bits per heavy atom. The van der Waals surface area contributed by atoms with Gasteiger partial charge in [-0.1, -0.05) is 42.5 Å². The van der Waals surface area contributed by atoms with Crippen LogP contribution in [-0.4, -0.2) is 25.6 Å². The number of amides is 1. The molecule has 4 heteroatoms. The summed E-state index contributed by atoms with van der Waals surface area (Å²) in [7, 11) is 1.66. The number of carbonyl (C=O) groups excluding carboxylic acids is 1. The molecule has 3 rings (SSSR count). The smallest absolute Gasteiger partial charge is 0.236 e. The lowest BCUT2D eigenvalue weighted by Gasteiger charge is -2.14. The molecule has 1 aliphatic heterocycles. The number of hydrogen-bond donors (Lipinski definition) is 2. The van der Waals surface area contributed by atoms with E-state index in [2.05, 4.69) is 59.2 Å². The van der Waals surface area contributed by atoms with Gasteiger partial charge in [0.1, 0.15) is 5.75 Å². The van der Waals surface area contributed by atoms with Crippen molar-refractivity contribution in [3.8, 4) is 5.75 Å². The van der Waals surface area contributed by atoms with Gasteiger partial charge in [0.25, 0.3) is 0 Å². The first kappa shape index (κ1) is 17.5. The molecule has 4 nitrogen and oxygen atoms in total. The van der Waals surface area contributed by atoms with E-state index < -0.39 is 0 Å². The molecule has 0 aromatic heterocycles. The maximum Gasteiger partial charge on any atom is 0.236 e. The summed E-state index contributed by atoms with van der Waals surface area (Å²) in [5, 5.41) is 5.92. The van der Waals surface area contributed by atoms with Crippen molar-refractivity contribution < 1.29 is 9.53 Å². The molecule has 0 saturated carbocycles. The van der Waals surface area contributed by atoms with Gasteiger partial charge in [0.05, 0.1) is 12.6 Å². The first-order valence-electron chi connectivity index (χ1n) is 8.92. The van der Waals surface area contributed by atoms with E-state index >= 15 is 0 Å². The molecule has 1 aliphatic rings. The normalized spacial score (nSPS) is 16.8. The van der Waals surface area contributed by atoms with Crippen LogP contribution in [0.3, 0.4) is 0 Å². The van der Waals surface area contributed by atoms with E-state index in [0.717, 1.165) is 25.2 Å². The molecule has 2 aromatic carbocycles. The van der Waals surface area contributed by atoms with Gasteiger partial charge >= 0.3 is 0 Å². The fraction of sp³-hybridized carbons (Fsp3) is 0.381. The van der Waals surface area contributed by atoms with Crippen LogP contribution in [0, 0.1) is 0 Å². The lowest BCUT2D eigenvalue weighted by Crippen LogP contribution is -2.40. The Balaban J connectivity index is 1.61. The van der Waals surface area contributed by atoms with E-state index in [4.69, 9.17) is 4.74 Å². The van der Waals surface area contributed by atoms with E-state index in [1.54, 1.807) is 7.05 Å². The molecule has 0 aliphatic carbocycles. The van der Waals surface area contributed by atoms with Crippen molar-refractivity contribution >= 4 is 5.91 Å². The largest absolute Gasteiger partial charge is 0.493 e. The van der Waals surface area contributed by atoms with Gasteiger partial charge in [-0.2, -0.15) is 0 Å². The quantitative estimate of drug-likeness (QED) is 0.816. The second-order valence-electron chi connectivity index (χ2n) is 6.62. The molecule has 0 spiro atoms. The van der Waals surface area contributed by atoms with Crippen LogP contribution in [0.2, 0.25) is 0 Å². The number of hydrogen-bond acceptors (Lipinski definition) is 3. The molecule has 2 atom stereocenters. The van der Waals surface area contributed by atoms with Crippen molar-refractivity contribution in [1.82, 2.24) is 10.6 Å². The van der Waals surface area contributed by atoms with Gasteiger partial charge in [-0.25, -0.2) is 0 Å². The van der Waals surface area contributed by atoms with Crippen LogP contribution in [0.25, 0.3) is 0 Å². The van der Waals surface area contributed by atoms with E-state index in [1.165, 1.54) is 16.7 Å². The van der Waals surface area contributed by atoms with Gasteiger partial charge in [-0.3, -0.25) is 4.79 Å².